The average molecular weight is 243 g/mol. The number of ketones is 1. The Morgan fingerprint density at radius 2 is 1.94 bits per heavy atom. The third-order valence-electron chi connectivity index (χ3n) is 4.46. The Labute approximate surface area is 109 Å². The van der Waals surface area contributed by atoms with Crippen molar-refractivity contribution in [2.45, 2.75) is 56.9 Å². The summed E-state index contributed by atoms with van der Waals surface area (Å²) in [5.41, 5.74) is 10.0. The largest absolute Gasteiger partial charge is 0.325 e. The summed E-state index contributed by atoms with van der Waals surface area (Å²) >= 11 is 0. The number of carbonyl (C=O) groups excluding carboxylic acids is 1. The number of hydrogen-bond acceptors (Lipinski definition) is 2. The molecule has 0 heterocycles. The predicted octanol–water partition coefficient (Wildman–Crippen LogP) is 2.56. The van der Waals surface area contributed by atoms with Gasteiger partial charge in [-0.2, -0.15) is 0 Å². The molecule has 18 heavy (non-hydrogen) atoms. The van der Waals surface area contributed by atoms with Gasteiger partial charge in [-0.05, 0) is 55.2 Å². The summed E-state index contributed by atoms with van der Waals surface area (Å²) in [7, 11) is 0. The van der Waals surface area contributed by atoms with Gasteiger partial charge < -0.3 is 5.73 Å². The third-order valence-corrected chi connectivity index (χ3v) is 4.46. The molecular weight excluding hydrogens is 222 g/mol. The fraction of sp³-hybridized carbons (Fsp3) is 0.562. The highest BCUT2D eigenvalue weighted by Crippen LogP contribution is 2.32. The average Bonchev–Trinajstić information content (AvgIpc) is 2.74. The normalized spacial score (nSPS) is 20.3. The Hall–Kier alpha value is -1.15. The molecule has 2 aliphatic rings. The SMILES string of the molecule is NC1(CC(=O)Cc2ccc3c(c2)CCC3)CCC1. The molecule has 2 nitrogen and oxygen atoms in total. The quantitative estimate of drug-likeness (QED) is 0.883. The van der Waals surface area contributed by atoms with Gasteiger partial charge in [0.1, 0.15) is 5.78 Å². The Balaban J connectivity index is 1.63. The standard InChI is InChI=1S/C16H21NO/c17-16(7-2-8-16)11-15(18)10-12-5-6-13-3-1-4-14(13)9-12/h5-6,9H,1-4,7-8,10-11,17H2. The van der Waals surface area contributed by atoms with Crippen LogP contribution in [0.15, 0.2) is 18.2 Å². The molecular formula is C16H21NO. The number of fused-ring (bicyclic) bond motifs is 1. The molecule has 0 aromatic heterocycles. The maximum absolute atomic E-state index is 12.0. The zero-order chi connectivity index (χ0) is 12.6. The number of benzene rings is 1. The number of aryl methyl sites for hydroxylation is 2. The van der Waals surface area contributed by atoms with Crippen LogP contribution in [-0.4, -0.2) is 11.3 Å². The highest BCUT2D eigenvalue weighted by molar-refractivity contribution is 5.82. The molecule has 0 atom stereocenters. The van der Waals surface area contributed by atoms with Crippen molar-refractivity contribution in [2.75, 3.05) is 0 Å². The molecule has 0 unspecified atom stereocenters. The molecule has 2 aliphatic carbocycles. The van der Waals surface area contributed by atoms with E-state index in [4.69, 9.17) is 5.73 Å². The lowest BCUT2D eigenvalue weighted by atomic mass is 9.74. The van der Waals surface area contributed by atoms with Crippen LogP contribution in [-0.2, 0) is 24.1 Å². The zero-order valence-corrected chi connectivity index (χ0v) is 10.9. The highest BCUT2D eigenvalue weighted by Gasteiger charge is 2.34. The van der Waals surface area contributed by atoms with Crippen molar-refractivity contribution in [3.8, 4) is 0 Å². The van der Waals surface area contributed by atoms with E-state index in [1.165, 1.54) is 42.4 Å². The summed E-state index contributed by atoms with van der Waals surface area (Å²) in [6.07, 6.45) is 7.98. The van der Waals surface area contributed by atoms with E-state index < -0.39 is 0 Å². The van der Waals surface area contributed by atoms with E-state index in [1.807, 2.05) is 0 Å². The smallest absolute Gasteiger partial charge is 0.139 e. The maximum Gasteiger partial charge on any atom is 0.139 e. The van der Waals surface area contributed by atoms with Crippen molar-refractivity contribution >= 4 is 5.78 Å². The minimum Gasteiger partial charge on any atom is -0.325 e. The Morgan fingerprint density at radius 3 is 2.67 bits per heavy atom. The summed E-state index contributed by atoms with van der Waals surface area (Å²) < 4.78 is 0. The van der Waals surface area contributed by atoms with Gasteiger partial charge in [-0.3, -0.25) is 4.79 Å². The van der Waals surface area contributed by atoms with Crippen molar-refractivity contribution in [1.82, 2.24) is 0 Å². The van der Waals surface area contributed by atoms with Crippen molar-refractivity contribution in [3.05, 3.63) is 34.9 Å². The van der Waals surface area contributed by atoms with Crippen LogP contribution in [0, 0.1) is 0 Å². The van der Waals surface area contributed by atoms with Gasteiger partial charge in [-0.25, -0.2) is 0 Å². The molecule has 2 heteroatoms. The van der Waals surface area contributed by atoms with Crippen LogP contribution in [0.4, 0.5) is 0 Å². The van der Waals surface area contributed by atoms with Gasteiger partial charge >= 0.3 is 0 Å². The third kappa shape index (κ3) is 2.35. The van der Waals surface area contributed by atoms with Crippen LogP contribution in [0.5, 0.6) is 0 Å². The van der Waals surface area contributed by atoms with Crippen LogP contribution in [0.3, 0.4) is 0 Å². The van der Waals surface area contributed by atoms with E-state index in [0.29, 0.717) is 18.6 Å². The van der Waals surface area contributed by atoms with Gasteiger partial charge in [0.2, 0.25) is 0 Å². The zero-order valence-electron chi connectivity index (χ0n) is 10.9. The van der Waals surface area contributed by atoms with Gasteiger partial charge in [0.05, 0.1) is 0 Å². The molecule has 1 aromatic carbocycles. The lowest BCUT2D eigenvalue weighted by Gasteiger charge is -2.37. The van der Waals surface area contributed by atoms with Crippen LogP contribution in [0.1, 0.15) is 48.8 Å². The van der Waals surface area contributed by atoms with E-state index >= 15 is 0 Å². The molecule has 0 bridgehead atoms. The topological polar surface area (TPSA) is 43.1 Å². The number of hydrogen-bond donors (Lipinski definition) is 1. The Bertz CT molecular complexity index is 474. The van der Waals surface area contributed by atoms with Crippen molar-refractivity contribution < 1.29 is 4.79 Å². The first-order valence-corrected chi connectivity index (χ1v) is 7.06. The minimum absolute atomic E-state index is 0.173. The molecule has 1 fully saturated rings. The molecule has 0 amide bonds. The molecule has 96 valence electrons. The number of nitrogens with two attached hydrogens (primary N) is 1. The lowest BCUT2D eigenvalue weighted by Crippen LogP contribution is -2.48. The van der Waals surface area contributed by atoms with Crippen molar-refractivity contribution in [1.29, 1.82) is 0 Å². The van der Waals surface area contributed by atoms with E-state index in [2.05, 4.69) is 18.2 Å². The summed E-state index contributed by atoms with van der Waals surface area (Å²) in [6, 6.07) is 6.54. The molecule has 0 spiro atoms. The van der Waals surface area contributed by atoms with Crippen LogP contribution in [0.2, 0.25) is 0 Å². The number of carbonyl (C=O) groups is 1. The van der Waals surface area contributed by atoms with Gasteiger partial charge in [0.15, 0.2) is 0 Å². The van der Waals surface area contributed by atoms with Crippen LogP contribution >= 0.6 is 0 Å². The maximum atomic E-state index is 12.0. The fourth-order valence-electron chi connectivity index (χ4n) is 3.23. The minimum atomic E-state index is -0.173. The Morgan fingerprint density at radius 1 is 1.17 bits per heavy atom. The van der Waals surface area contributed by atoms with Crippen LogP contribution < -0.4 is 5.73 Å². The lowest BCUT2D eigenvalue weighted by molar-refractivity contribution is -0.120. The van der Waals surface area contributed by atoms with Gasteiger partial charge in [-0.1, -0.05) is 18.2 Å². The van der Waals surface area contributed by atoms with E-state index in [-0.39, 0.29) is 5.54 Å². The van der Waals surface area contributed by atoms with Gasteiger partial charge in [-0.15, -0.1) is 0 Å². The molecule has 2 N–H and O–H groups in total. The second-order valence-electron chi connectivity index (χ2n) is 6.06. The van der Waals surface area contributed by atoms with Crippen molar-refractivity contribution in [3.63, 3.8) is 0 Å². The van der Waals surface area contributed by atoms with Gasteiger partial charge in [0, 0.05) is 18.4 Å². The second kappa shape index (κ2) is 4.51. The molecule has 3 rings (SSSR count). The molecule has 0 radical (unpaired) electrons. The van der Waals surface area contributed by atoms with Crippen LogP contribution in [0.25, 0.3) is 0 Å². The molecule has 1 aromatic rings. The summed E-state index contributed by atoms with van der Waals surface area (Å²) in [5, 5.41) is 0. The second-order valence-corrected chi connectivity index (χ2v) is 6.06. The van der Waals surface area contributed by atoms with Crippen molar-refractivity contribution in [2.24, 2.45) is 5.73 Å². The van der Waals surface area contributed by atoms with E-state index in [1.54, 1.807) is 0 Å². The number of Topliss-reactive ketones (excluding diaryl/α,β-unsaturated/α-hetero) is 1. The predicted molar refractivity (Wildman–Crippen MR) is 72.6 cm³/mol. The highest BCUT2D eigenvalue weighted by atomic mass is 16.1. The summed E-state index contributed by atoms with van der Waals surface area (Å²) in [4.78, 5) is 12.0. The monoisotopic (exact) mass is 243 g/mol. The molecule has 0 aliphatic heterocycles. The number of rotatable bonds is 4. The van der Waals surface area contributed by atoms with E-state index in [0.717, 1.165) is 12.8 Å². The summed E-state index contributed by atoms with van der Waals surface area (Å²) in [6.45, 7) is 0. The Kier molecular flexibility index (Phi) is 2.98. The first-order chi connectivity index (χ1) is 8.65. The summed E-state index contributed by atoms with van der Waals surface area (Å²) in [5.74, 6) is 0.301. The molecule has 1 saturated carbocycles. The first-order valence-electron chi connectivity index (χ1n) is 7.06. The molecule has 0 saturated heterocycles. The first kappa shape index (κ1) is 11.9. The van der Waals surface area contributed by atoms with E-state index in [9.17, 15) is 4.79 Å². The fourth-order valence-corrected chi connectivity index (χ4v) is 3.23. The van der Waals surface area contributed by atoms with Gasteiger partial charge in [0.25, 0.3) is 0 Å².